The molecule has 0 saturated heterocycles. The molecule has 0 spiro atoms. The second kappa shape index (κ2) is 38.2. The summed E-state index contributed by atoms with van der Waals surface area (Å²) >= 11 is 0.177. The van der Waals surface area contributed by atoms with Crippen LogP contribution in [-0.2, 0) is 35.7 Å². The van der Waals surface area contributed by atoms with Gasteiger partial charge in [-0.2, -0.15) is 0 Å². The van der Waals surface area contributed by atoms with Gasteiger partial charge in [-0.1, -0.05) is 0 Å². The van der Waals surface area contributed by atoms with Gasteiger partial charge in [-0.05, 0) is 0 Å². The molecule has 25 heavy (non-hydrogen) atoms. The van der Waals surface area contributed by atoms with Gasteiger partial charge in [0.2, 0.25) is 0 Å². The Balaban J connectivity index is -0.0000000954. The van der Waals surface area contributed by atoms with Crippen molar-refractivity contribution in [3.8, 4) is 0 Å². The average molecular weight is 438 g/mol. The van der Waals surface area contributed by atoms with Crippen LogP contribution in [0.15, 0.2) is 60.7 Å². The summed E-state index contributed by atoms with van der Waals surface area (Å²) in [7, 11) is 0. The van der Waals surface area contributed by atoms with Crippen molar-refractivity contribution in [3.63, 3.8) is 0 Å². The Morgan fingerprint density at radius 3 is 1.00 bits per heavy atom. The molecule has 0 aliphatic carbocycles. The Hall–Kier alpha value is -1.52. The fourth-order valence-electron chi connectivity index (χ4n) is 1.15. The molecule has 128 valence electrons. The number of hydrogen-bond acceptors (Lipinski definition) is 0. The molecule has 0 aromatic heterocycles. The molecule has 0 atom stereocenters. The van der Waals surface area contributed by atoms with Crippen molar-refractivity contribution in [1.82, 2.24) is 0 Å². The van der Waals surface area contributed by atoms with E-state index in [0.29, 0.717) is 0 Å². The van der Waals surface area contributed by atoms with Crippen molar-refractivity contribution < 1.29 is 35.7 Å². The van der Waals surface area contributed by atoms with Gasteiger partial charge in [0.25, 0.3) is 0 Å². The molecule has 0 heterocycles. The molecule has 0 aliphatic rings. The van der Waals surface area contributed by atoms with E-state index in [1.807, 2.05) is 0 Å². The van der Waals surface area contributed by atoms with E-state index in [1.165, 1.54) is 8.70 Å². The van der Waals surface area contributed by atoms with Crippen molar-refractivity contribution in [2.45, 2.75) is 6.42 Å². The van der Waals surface area contributed by atoms with Gasteiger partial charge in [-0.3, -0.25) is 0 Å². The predicted octanol–water partition coefficient (Wildman–Crippen LogP) is 2.23. The van der Waals surface area contributed by atoms with Gasteiger partial charge in [0.15, 0.2) is 0 Å². The van der Waals surface area contributed by atoms with E-state index < -0.39 is 0 Å². The van der Waals surface area contributed by atoms with Crippen LogP contribution < -0.4 is 8.70 Å². The Morgan fingerprint density at radius 1 is 0.600 bits per heavy atom. The maximum absolute atomic E-state index is 7.50. The summed E-state index contributed by atoms with van der Waals surface area (Å²) in [5.41, 5.74) is 0. The number of hydrogen-bond donors (Lipinski definition) is 0. The van der Waals surface area contributed by atoms with Crippen LogP contribution in [0.25, 0.3) is 0 Å². The topological polar surface area (TPSA) is 79.6 Å². The zero-order valence-electron chi connectivity index (χ0n) is 13.4. The first-order chi connectivity index (χ1) is 11.9. The SMILES string of the molecule is [C-]#[O+].[C-]#[O+].[C-]#[O+].[C-]#[O+].[CH2-]C[CH2-].[Mn+2].c1ccc([As]c2ccccc2)cc1. The first-order valence-electron chi connectivity index (χ1n) is 6.09. The zero-order chi connectivity index (χ0) is 19.6. The monoisotopic (exact) mass is 438 g/mol. The normalized spacial score (nSPS) is 6.16. The third kappa shape index (κ3) is 27.6. The van der Waals surface area contributed by atoms with Crippen LogP contribution in [-0.4, -0.2) is 15.8 Å². The first kappa shape index (κ1) is 34.7. The zero-order valence-corrected chi connectivity index (χ0v) is 16.4. The van der Waals surface area contributed by atoms with Gasteiger partial charge in [-0.25, -0.2) is 0 Å². The minimum atomic E-state index is 0. The molecule has 6 heteroatoms. The number of benzene rings is 2. The van der Waals surface area contributed by atoms with E-state index in [2.05, 4.69) is 101 Å². The summed E-state index contributed by atoms with van der Waals surface area (Å²) in [6.07, 6.45) is 0.750. The van der Waals surface area contributed by atoms with Gasteiger partial charge in [0.05, 0.1) is 0 Å². The summed E-state index contributed by atoms with van der Waals surface area (Å²) in [5, 5.41) is 0. The molecule has 2 radical (unpaired) electrons. The summed E-state index contributed by atoms with van der Waals surface area (Å²) < 4.78 is 32.9. The fraction of sp³-hybridized carbons (Fsp3) is 0.0526. The van der Waals surface area contributed by atoms with E-state index in [-0.39, 0.29) is 32.8 Å². The van der Waals surface area contributed by atoms with Crippen LogP contribution in [0.1, 0.15) is 6.42 Å². The van der Waals surface area contributed by atoms with E-state index in [4.69, 9.17) is 18.6 Å². The standard InChI is InChI=1S/C12H10As.C3H6.4CO.Mn/c1-3-7-11(8-4-1)13-12-9-5-2-6-10-12;1-3-2;4*1-2;/h1-10H;1-3H2;;;;;/q;-2;;;;;+2. The Labute approximate surface area is 167 Å². The van der Waals surface area contributed by atoms with Crippen LogP contribution in [0.5, 0.6) is 0 Å². The summed E-state index contributed by atoms with van der Waals surface area (Å²) in [6, 6.07) is 21.4. The van der Waals surface area contributed by atoms with Crippen LogP contribution in [0, 0.1) is 40.4 Å². The maximum atomic E-state index is 7.50. The van der Waals surface area contributed by atoms with Gasteiger partial charge in [0.1, 0.15) is 0 Å². The molecule has 0 aliphatic heterocycles. The van der Waals surface area contributed by atoms with Crippen molar-refractivity contribution >= 4 is 24.5 Å². The molecule has 2 aromatic carbocycles. The summed E-state index contributed by atoms with van der Waals surface area (Å²) in [5.74, 6) is 0. The Bertz CT molecular complexity index is 475. The molecule has 2 rings (SSSR count). The molecule has 0 N–H and O–H groups in total. The molecular weight excluding hydrogens is 422 g/mol. The summed E-state index contributed by atoms with van der Waals surface area (Å²) in [6.45, 7) is 24.8. The summed E-state index contributed by atoms with van der Waals surface area (Å²) in [4.78, 5) is 0. The first-order valence-corrected chi connectivity index (χ1v) is 7.96. The van der Waals surface area contributed by atoms with Crippen molar-refractivity contribution in [2.24, 2.45) is 0 Å². The Morgan fingerprint density at radius 2 is 0.800 bits per heavy atom. The van der Waals surface area contributed by atoms with Crippen LogP contribution >= 0.6 is 0 Å². The second-order valence-corrected chi connectivity index (χ2v) is 5.77. The quantitative estimate of drug-likeness (QED) is 0.392. The minimum absolute atomic E-state index is 0. The fourth-order valence-corrected chi connectivity index (χ4v) is 3.13. The van der Waals surface area contributed by atoms with Gasteiger partial charge < -0.3 is 20.3 Å². The van der Waals surface area contributed by atoms with Gasteiger partial charge >= 0.3 is 147 Å². The van der Waals surface area contributed by atoms with Crippen LogP contribution in [0.4, 0.5) is 0 Å². The van der Waals surface area contributed by atoms with Gasteiger partial charge in [-0.15, -0.1) is 0 Å². The predicted molar refractivity (Wildman–Crippen MR) is 89.0 cm³/mol. The van der Waals surface area contributed by atoms with E-state index in [0.717, 1.165) is 6.42 Å². The molecular formula is C19H16AsMnO4. The van der Waals surface area contributed by atoms with Crippen LogP contribution in [0.3, 0.4) is 0 Å². The van der Waals surface area contributed by atoms with Gasteiger partial charge in [0, 0.05) is 0 Å². The van der Waals surface area contributed by atoms with E-state index in [1.54, 1.807) is 0 Å². The molecule has 0 saturated carbocycles. The molecule has 2 aromatic rings. The van der Waals surface area contributed by atoms with Crippen molar-refractivity contribution in [2.75, 3.05) is 0 Å². The molecule has 4 nitrogen and oxygen atoms in total. The molecule has 0 amide bonds. The average Bonchev–Trinajstić information content (AvgIpc) is 2.70. The Kier molecular flexibility index (Phi) is 53.1. The third-order valence-corrected chi connectivity index (χ3v) is 4.11. The molecule has 0 fully saturated rings. The second-order valence-electron chi connectivity index (χ2n) is 3.14. The van der Waals surface area contributed by atoms with E-state index in [9.17, 15) is 0 Å². The van der Waals surface area contributed by atoms with Crippen LogP contribution in [0.2, 0.25) is 0 Å². The molecule has 0 bridgehead atoms. The number of rotatable bonds is 2. The third-order valence-electron chi connectivity index (χ3n) is 1.77. The van der Waals surface area contributed by atoms with E-state index >= 15 is 0 Å². The molecule has 0 unspecified atom stereocenters. The van der Waals surface area contributed by atoms with Crippen molar-refractivity contribution in [3.05, 3.63) is 101 Å². The van der Waals surface area contributed by atoms with Crippen molar-refractivity contribution in [1.29, 1.82) is 0 Å².